The minimum atomic E-state index is -0.754. The maximum absolute atomic E-state index is 14.4. The number of tetrazole rings is 1. The lowest BCUT2D eigenvalue weighted by atomic mass is 9.92. The summed E-state index contributed by atoms with van der Waals surface area (Å²) in [5.41, 5.74) is 3.88. The van der Waals surface area contributed by atoms with Crippen LogP contribution in [0.15, 0.2) is 66.9 Å². The van der Waals surface area contributed by atoms with Crippen molar-refractivity contribution in [3.05, 3.63) is 78.0 Å². The molecule has 1 N–H and O–H groups in total. The van der Waals surface area contributed by atoms with Crippen LogP contribution in [0.1, 0.15) is 48.5 Å². The van der Waals surface area contributed by atoms with Gasteiger partial charge in [-0.25, -0.2) is 9.99 Å². The molecule has 2 atom stereocenters. The number of carbonyl (C=O) groups excluding carboxylic acids is 3. The molecule has 240 valence electrons. The lowest BCUT2D eigenvalue weighted by molar-refractivity contribution is -0.159. The van der Waals surface area contributed by atoms with Gasteiger partial charge in [-0.05, 0) is 53.7 Å². The van der Waals surface area contributed by atoms with Crippen molar-refractivity contribution in [2.24, 2.45) is 5.92 Å². The second-order valence-electron chi connectivity index (χ2n) is 10.9. The number of hydrogen-bond acceptors (Lipinski definition) is 11. The van der Waals surface area contributed by atoms with E-state index in [2.05, 4.69) is 25.6 Å². The van der Waals surface area contributed by atoms with Gasteiger partial charge in [0.15, 0.2) is 6.79 Å². The molecule has 3 heterocycles. The number of carbonyl (C=O) groups is 3. The summed E-state index contributed by atoms with van der Waals surface area (Å²) in [6.07, 6.45) is 4.13. The van der Waals surface area contributed by atoms with Crippen LogP contribution in [-0.4, -0.2) is 87.0 Å². The zero-order valence-corrected chi connectivity index (χ0v) is 26.1. The van der Waals surface area contributed by atoms with Crippen LogP contribution in [0.4, 0.5) is 0 Å². The third-order valence-electron chi connectivity index (χ3n) is 7.91. The number of aromatic nitrogens is 5. The normalized spacial score (nSPS) is 15.3. The number of nitrogens with one attached hydrogen (secondary N) is 1. The van der Waals surface area contributed by atoms with Gasteiger partial charge < -0.3 is 14.2 Å². The molecular weight excluding hydrogens is 590 g/mol. The Morgan fingerprint density at radius 1 is 1.04 bits per heavy atom. The lowest BCUT2D eigenvalue weighted by Crippen LogP contribution is -2.56. The van der Waals surface area contributed by atoms with Crippen LogP contribution in [0.3, 0.4) is 0 Å². The molecule has 0 unspecified atom stereocenters. The second kappa shape index (κ2) is 15.3. The highest BCUT2D eigenvalue weighted by Gasteiger charge is 2.42. The molecule has 46 heavy (non-hydrogen) atoms. The van der Waals surface area contributed by atoms with Crippen molar-refractivity contribution in [1.29, 1.82) is 0 Å². The molecule has 5 rings (SSSR count). The van der Waals surface area contributed by atoms with Crippen molar-refractivity contribution in [3.8, 4) is 28.4 Å². The third-order valence-corrected chi connectivity index (χ3v) is 7.91. The maximum atomic E-state index is 14.4. The highest BCUT2D eigenvalue weighted by molar-refractivity contribution is 6.05. The fraction of sp³-hybridized carbons (Fsp3) is 0.364. The number of rotatable bonds is 13. The molecule has 1 saturated heterocycles. The van der Waals surface area contributed by atoms with Gasteiger partial charge in [0.2, 0.25) is 17.6 Å². The predicted molar refractivity (Wildman–Crippen MR) is 167 cm³/mol. The third kappa shape index (κ3) is 7.27. The molecule has 2 aromatic heterocycles. The highest BCUT2D eigenvalue weighted by atomic mass is 16.7. The first-order valence-corrected chi connectivity index (χ1v) is 15.2. The number of nitrogens with zero attached hydrogens (tertiary/aromatic N) is 6. The summed E-state index contributed by atoms with van der Waals surface area (Å²) < 4.78 is 15.3. The molecule has 0 aliphatic carbocycles. The molecule has 1 aliphatic heterocycles. The van der Waals surface area contributed by atoms with Crippen LogP contribution >= 0.6 is 0 Å². The van der Waals surface area contributed by atoms with E-state index in [0.717, 1.165) is 33.7 Å². The Kier molecular flexibility index (Phi) is 10.8. The summed E-state index contributed by atoms with van der Waals surface area (Å²) in [5, 5.41) is 17.1. The Morgan fingerprint density at radius 2 is 1.83 bits per heavy atom. The number of H-pyrrole nitrogens is 1. The van der Waals surface area contributed by atoms with Crippen LogP contribution in [-0.2, 0) is 25.5 Å². The molecule has 0 spiro atoms. The molecule has 0 radical (unpaired) electrons. The first kappa shape index (κ1) is 32.4. The zero-order valence-electron chi connectivity index (χ0n) is 26.1. The van der Waals surface area contributed by atoms with E-state index in [4.69, 9.17) is 14.2 Å². The molecule has 13 heteroatoms. The minimum Gasteiger partial charge on any atom is -0.468 e. The van der Waals surface area contributed by atoms with Gasteiger partial charge in [0.1, 0.15) is 6.04 Å². The first-order chi connectivity index (χ1) is 22.4. The van der Waals surface area contributed by atoms with Crippen molar-refractivity contribution in [3.63, 3.8) is 0 Å². The molecule has 0 bridgehead atoms. The van der Waals surface area contributed by atoms with Crippen LogP contribution < -0.4 is 4.74 Å². The Morgan fingerprint density at radius 3 is 2.48 bits per heavy atom. The average Bonchev–Trinajstić information content (AvgIpc) is 3.81. The van der Waals surface area contributed by atoms with Crippen molar-refractivity contribution in [2.45, 2.75) is 45.1 Å². The molecule has 2 aromatic carbocycles. The van der Waals surface area contributed by atoms with Crippen LogP contribution in [0, 0.1) is 5.92 Å². The Balaban J connectivity index is 1.42. The molecule has 0 saturated carbocycles. The number of benzene rings is 2. The monoisotopic (exact) mass is 627 g/mol. The van der Waals surface area contributed by atoms with Gasteiger partial charge in [-0.1, -0.05) is 61.9 Å². The topological polar surface area (TPSA) is 153 Å². The van der Waals surface area contributed by atoms with Crippen molar-refractivity contribution in [2.75, 3.05) is 27.6 Å². The largest absolute Gasteiger partial charge is 0.468 e. The fourth-order valence-electron chi connectivity index (χ4n) is 5.69. The number of ether oxygens (including phenoxy) is 3. The summed E-state index contributed by atoms with van der Waals surface area (Å²) in [6, 6.07) is 18.1. The number of methoxy groups -OCH3 is 2. The zero-order chi connectivity index (χ0) is 32.5. The number of pyridine rings is 1. The van der Waals surface area contributed by atoms with E-state index in [-0.39, 0.29) is 24.1 Å². The van der Waals surface area contributed by atoms with E-state index in [1.165, 1.54) is 20.4 Å². The van der Waals surface area contributed by atoms with E-state index >= 15 is 0 Å². The second-order valence-corrected chi connectivity index (χ2v) is 10.9. The quantitative estimate of drug-likeness (QED) is 0.168. The van der Waals surface area contributed by atoms with Crippen LogP contribution in [0.2, 0.25) is 0 Å². The smallest absolute Gasteiger partial charge is 0.324 e. The number of hydrazine groups is 1. The summed E-state index contributed by atoms with van der Waals surface area (Å²) >= 11 is 0. The minimum absolute atomic E-state index is 0.00445. The summed E-state index contributed by atoms with van der Waals surface area (Å²) in [7, 11) is 2.80. The molecule has 1 fully saturated rings. The van der Waals surface area contributed by atoms with Gasteiger partial charge in [0.05, 0.1) is 12.7 Å². The van der Waals surface area contributed by atoms with Crippen molar-refractivity contribution >= 4 is 17.8 Å². The number of imide groups is 1. The molecule has 1 aliphatic rings. The van der Waals surface area contributed by atoms with E-state index in [1.807, 2.05) is 55.5 Å². The van der Waals surface area contributed by atoms with E-state index in [1.54, 1.807) is 17.1 Å². The number of aromatic amines is 1. The van der Waals surface area contributed by atoms with Crippen molar-refractivity contribution in [1.82, 2.24) is 35.6 Å². The van der Waals surface area contributed by atoms with E-state index < -0.39 is 23.8 Å². The lowest BCUT2D eigenvalue weighted by Gasteiger charge is -2.35. The van der Waals surface area contributed by atoms with Crippen LogP contribution in [0.25, 0.3) is 22.5 Å². The standard InChI is InChI=1S/C33H37N7O6/c1-4-8-24(19-22-12-14-23(15-13-22)26-9-5-6-10-27(26)30-35-37-38-36-30)31(41)40(39-18-7-11-28(39)33(43)45-3)32(42)25-16-17-29(34-20-25)46-21-44-2/h5-6,9-10,12-17,20,24,28H,4,7-8,11,18-19,21H2,1-3H3,(H,35,36,37,38)/t24-,28-/m0/s1. The Labute approximate surface area is 266 Å². The van der Waals surface area contributed by atoms with Gasteiger partial charge >= 0.3 is 5.97 Å². The first-order valence-electron chi connectivity index (χ1n) is 15.2. The van der Waals surface area contributed by atoms with Gasteiger partial charge in [0.25, 0.3) is 5.91 Å². The maximum Gasteiger partial charge on any atom is 0.324 e. The molecule has 4 aromatic rings. The van der Waals surface area contributed by atoms with E-state index in [9.17, 15) is 14.4 Å². The van der Waals surface area contributed by atoms with Gasteiger partial charge in [-0.15, -0.1) is 10.2 Å². The highest BCUT2D eigenvalue weighted by Crippen LogP contribution is 2.31. The summed E-state index contributed by atoms with van der Waals surface area (Å²) in [5.74, 6) is -1.19. The SMILES string of the molecule is CCC[C@@H](Cc1ccc(-c2ccccc2-c2nn[nH]n2)cc1)C(=O)N(C(=O)c1ccc(OCOC)nc1)N1CCC[C@H]1C(=O)OC. The van der Waals surface area contributed by atoms with Crippen LogP contribution in [0.5, 0.6) is 5.88 Å². The fourth-order valence-corrected chi connectivity index (χ4v) is 5.69. The van der Waals surface area contributed by atoms with Crippen molar-refractivity contribution < 1.29 is 28.6 Å². The van der Waals surface area contributed by atoms with Gasteiger partial charge in [-0.3, -0.25) is 14.4 Å². The number of esters is 1. The number of amides is 2. The predicted octanol–water partition coefficient (Wildman–Crippen LogP) is 4.09. The summed E-state index contributed by atoms with van der Waals surface area (Å²) in [4.78, 5) is 45.4. The average molecular weight is 628 g/mol. The van der Waals surface area contributed by atoms with Gasteiger partial charge in [0, 0.05) is 37.4 Å². The summed E-state index contributed by atoms with van der Waals surface area (Å²) in [6.45, 7) is 2.36. The van der Waals surface area contributed by atoms with Gasteiger partial charge in [-0.2, -0.15) is 10.2 Å². The Bertz CT molecular complexity index is 1610. The molecule has 2 amide bonds. The Hall–Kier alpha value is -5.01. The molecular formula is C33H37N7O6. The van der Waals surface area contributed by atoms with E-state index in [0.29, 0.717) is 38.1 Å². The molecule has 13 nitrogen and oxygen atoms in total. The number of hydrogen-bond donors (Lipinski definition) is 1.